The zero-order valence-electron chi connectivity index (χ0n) is 17.3. The molecule has 0 saturated heterocycles. The lowest BCUT2D eigenvalue weighted by Gasteiger charge is -2.08. The number of aromatic nitrogens is 2. The quantitative estimate of drug-likeness (QED) is 0.412. The van der Waals surface area contributed by atoms with Crippen molar-refractivity contribution in [3.8, 4) is 5.75 Å². The highest BCUT2D eigenvalue weighted by atomic mass is 32.1. The van der Waals surface area contributed by atoms with Crippen LogP contribution in [0.15, 0.2) is 66.3 Å². The van der Waals surface area contributed by atoms with Crippen molar-refractivity contribution < 1.29 is 13.9 Å². The van der Waals surface area contributed by atoms with E-state index in [1.165, 1.54) is 17.4 Å². The van der Waals surface area contributed by atoms with Crippen molar-refractivity contribution in [2.75, 3.05) is 5.32 Å². The molecular formula is C24H22FN3O2S. The number of ether oxygens (including phenoxy) is 1. The number of hydrogen-bond acceptors (Lipinski definition) is 4. The van der Waals surface area contributed by atoms with Gasteiger partial charge >= 0.3 is 0 Å². The first-order valence-corrected chi connectivity index (χ1v) is 10.7. The van der Waals surface area contributed by atoms with Crippen LogP contribution < -0.4 is 10.1 Å². The van der Waals surface area contributed by atoms with Crippen molar-refractivity contribution >= 4 is 22.9 Å². The molecule has 5 nitrogen and oxygen atoms in total. The maximum Gasteiger partial charge on any atom is 0.265 e. The van der Waals surface area contributed by atoms with Gasteiger partial charge in [0, 0.05) is 17.3 Å². The number of amides is 1. The molecule has 2 aromatic heterocycles. The molecule has 0 unspecified atom stereocenters. The Labute approximate surface area is 184 Å². The van der Waals surface area contributed by atoms with E-state index in [9.17, 15) is 9.18 Å². The van der Waals surface area contributed by atoms with E-state index in [1.807, 2.05) is 43.5 Å². The summed E-state index contributed by atoms with van der Waals surface area (Å²) < 4.78 is 21.3. The topological polar surface area (TPSA) is 56.1 Å². The molecule has 0 saturated carbocycles. The number of hydrogen-bond donors (Lipinski definition) is 1. The van der Waals surface area contributed by atoms with Crippen LogP contribution in [-0.4, -0.2) is 15.7 Å². The molecule has 2 aromatic carbocycles. The van der Waals surface area contributed by atoms with Crippen LogP contribution in [0.25, 0.3) is 0 Å². The van der Waals surface area contributed by atoms with E-state index in [4.69, 9.17) is 4.74 Å². The smallest absolute Gasteiger partial charge is 0.265 e. The molecule has 0 aliphatic carbocycles. The molecule has 1 amide bonds. The molecule has 0 aliphatic heterocycles. The van der Waals surface area contributed by atoms with Crippen LogP contribution in [0, 0.1) is 19.7 Å². The third-order valence-corrected chi connectivity index (χ3v) is 5.77. The summed E-state index contributed by atoms with van der Waals surface area (Å²) in [6, 6.07) is 14.5. The van der Waals surface area contributed by atoms with E-state index in [0.29, 0.717) is 29.3 Å². The minimum absolute atomic E-state index is 0.214. The third kappa shape index (κ3) is 5.19. The van der Waals surface area contributed by atoms with Gasteiger partial charge in [-0.2, -0.15) is 5.10 Å². The van der Waals surface area contributed by atoms with Crippen LogP contribution in [0.1, 0.15) is 31.9 Å². The van der Waals surface area contributed by atoms with Crippen molar-refractivity contribution in [3.05, 3.63) is 99.3 Å². The molecule has 31 heavy (non-hydrogen) atoms. The maximum atomic E-state index is 13.8. The summed E-state index contributed by atoms with van der Waals surface area (Å²) in [5.74, 6) is 0.352. The minimum Gasteiger partial charge on any atom is -0.489 e. The first-order valence-electron chi connectivity index (χ1n) is 9.82. The first kappa shape index (κ1) is 20.8. The highest BCUT2D eigenvalue weighted by Crippen LogP contribution is 2.23. The van der Waals surface area contributed by atoms with Crippen LogP contribution in [-0.2, 0) is 13.2 Å². The second kappa shape index (κ2) is 9.14. The molecule has 0 bridgehead atoms. The van der Waals surface area contributed by atoms with Gasteiger partial charge in [0.15, 0.2) is 0 Å². The number of benzene rings is 2. The molecule has 158 valence electrons. The molecule has 0 spiro atoms. The van der Waals surface area contributed by atoms with Gasteiger partial charge in [-0.05, 0) is 48.6 Å². The zero-order valence-corrected chi connectivity index (χ0v) is 18.1. The molecule has 2 heterocycles. The monoisotopic (exact) mass is 435 g/mol. The van der Waals surface area contributed by atoms with Gasteiger partial charge in [0.2, 0.25) is 0 Å². The van der Waals surface area contributed by atoms with E-state index < -0.39 is 0 Å². The normalized spacial score (nSPS) is 10.8. The molecular weight excluding hydrogens is 413 g/mol. The van der Waals surface area contributed by atoms with Gasteiger partial charge in [-0.15, -0.1) is 11.3 Å². The molecule has 0 fully saturated rings. The highest BCUT2D eigenvalue weighted by Gasteiger charge is 2.12. The number of halogens is 1. The van der Waals surface area contributed by atoms with Crippen LogP contribution in [0.2, 0.25) is 0 Å². The van der Waals surface area contributed by atoms with Gasteiger partial charge in [-0.3, -0.25) is 9.48 Å². The van der Waals surface area contributed by atoms with Gasteiger partial charge in [-0.1, -0.05) is 30.3 Å². The largest absolute Gasteiger partial charge is 0.489 e. The second-order valence-corrected chi connectivity index (χ2v) is 8.26. The molecule has 0 radical (unpaired) electrons. The number of carbonyl (C=O) groups excluding carboxylic acids is 1. The Balaban J connectivity index is 1.35. The summed E-state index contributed by atoms with van der Waals surface area (Å²) in [6.07, 6.45) is 3.24. The van der Waals surface area contributed by atoms with Crippen LogP contribution in [0.3, 0.4) is 0 Å². The van der Waals surface area contributed by atoms with Gasteiger partial charge in [0.25, 0.3) is 5.91 Å². The number of anilines is 1. The summed E-state index contributed by atoms with van der Waals surface area (Å²) in [7, 11) is 0. The van der Waals surface area contributed by atoms with E-state index in [1.54, 1.807) is 35.3 Å². The minimum atomic E-state index is -0.280. The average molecular weight is 436 g/mol. The van der Waals surface area contributed by atoms with Crippen molar-refractivity contribution in [3.63, 3.8) is 0 Å². The number of thiophene rings is 1. The van der Waals surface area contributed by atoms with Gasteiger partial charge in [0.05, 0.1) is 23.3 Å². The fraction of sp³-hybridized carbons (Fsp3) is 0.167. The predicted molar refractivity (Wildman–Crippen MR) is 120 cm³/mol. The van der Waals surface area contributed by atoms with Crippen molar-refractivity contribution in [2.24, 2.45) is 0 Å². The number of rotatable bonds is 7. The standard InChI is InChI=1S/C24H22FN3O2S/c1-16-7-8-17(2)22(9-16)30-14-18-10-23(31-15-18)24(29)27-20-11-26-28(13-20)12-19-5-3-4-6-21(19)25/h3-11,13,15H,12,14H2,1-2H3,(H,27,29). The molecule has 4 aromatic rings. The summed E-state index contributed by atoms with van der Waals surface area (Å²) in [5.41, 5.74) is 4.25. The third-order valence-electron chi connectivity index (χ3n) is 4.80. The summed E-state index contributed by atoms with van der Waals surface area (Å²) in [6.45, 7) is 4.72. The number of nitrogens with zero attached hydrogens (tertiary/aromatic N) is 2. The zero-order chi connectivity index (χ0) is 21.8. The Morgan fingerprint density at radius 1 is 1.19 bits per heavy atom. The van der Waals surface area contributed by atoms with Gasteiger partial charge in [-0.25, -0.2) is 4.39 Å². The van der Waals surface area contributed by atoms with Crippen molar-refractivity contribution in [1.82, 2.24) is 9.78 Å². The van der Waals surface area contributed by atoms with Crippen LogP contribution in [0.4, 0.5) is 10.1 Å². The number of carbonyl (C=O) groups is 1. The molecule has 4 rings (SSSR count). The van der Waals surface area contributed by atoms with E-state index >= 15 is 0 Å². The SMILES string of the molecule is Cc1ccc(C)c(OCc2csc(C(=O)Nc3cnn(Cc4ccccc4F)c3)c2)c1. The van der Waals surface area contributed by atoms with E-state index in [0.717, 1.165) is 22.4 Å². The summed E-state index contributed by atoms with van der Waals surface area (Å²) in [4.78, 5) is 13.2. The number of aryl methyl sites for hydroxylation is 2. The summed E-state index contributed by atoms with van der Waals surface area (Å²) in [5, 5.41) is 8.96. The van der Waals surface area contributed by atoms with Crippen molar-refractivity contribution in [1.29, 1.82) is 0 Å². The lowest BCUT2D eigenvalue weighted by atomic mass is 10.1. The molecule has 1 N–H and O–H groups in total. The summed E-state index contributed by atoms with van der Waals surface area (Å²) >= 11 is 1.36. The van der Waals surface area contributed by atoms with Crippen LogP contribution in [0.5, 0.6) is 5.75 Å². The fourth-order valence-corrected chi connectivity index (χ4v) is 3.89. The van der Waals surface area contributed by atoms with Gasteiger partial charge in [0.1, 0.15) is 18.2 Å². The lowest BCUT2D eigenvalue weighted by molar-refractivity contribution is 0.103. The highest BCUT2D eigenvalue weighted by molar-refractivity contribution is 7.12. The Morgan fingerprint density at radius 2 is 2.03 bits per heavy atom. The van der Waals surface area contributed by atoms with Crippen LogP contribution >= 0.6 is 11.3 Å². The molecule has 7 heteroatoms. The Hall–Kier alpha value is -3.45. The van der Waals surface area contributed by atoms with E-state index in [-0.39, 0.29) is 11.7 Å². The second-order valence-electron chi connectivity index (χ2n) is 7.35. The maximum absolute atomic E-state index is 13.8. The number of nitrogens with one attached hydrogen (secondary N) is 1. The molecule has 0 aliphatic rings. The lowest BCUT2D eigenvalue weighted by Crippen LogP contribution is -2.09. The predicted octanol–water partition coefficient (Wildman–Crippen LogP) is 5.58. The Kier molecular flexibility index (Phi) is 6.13. The van der Waals surface area contributed by atoms with Gasteiger partial charge < -0.3 is 10.1 Å². The fourth-order valence-electron chi connectivity index (χ4n) is 3.10. The Morgan fingerprint density at radius 3 is 2.87 bits per heavy atom. The van der Waals surface area contributed by atoms with Crippen molar-refractivity contribution in [2.45, 2.75) is 27.0 Å². The average Bonchev–Trinajstić information content (AvgIpc) is 3.40. The molecule has 0 atom stereocenters. The Bertz CT molecular complexity index is 1220. The van der Waals surface area contributed by atoms with E-state index in [2.05, 4.69) is 10.4 Å². The first-order chi connectivity index (χ1) is 15.0.